The number of aromatic nitrogens is 1. The molecular formula is C16H24N2OS. The topological polar surface area (TPSA) is 34.2 Å². The largest absolute Gasteiger partial charge is 0.375 e. The van der Waals surface area contributed by atoms with E-state index in [-0.39, 0.29) is 5.60 Å². The SMILES string of the molecule is c1nc(C2CC2)c(CNC[C@H]2CCOC3(CCC3)C2)s1. The molecule has 2 aliphatic carbocycles. The second-order valence-corrected chi connectivity index (χ2v) is 7.75. The Hall–Kier alpha value is -0.450. The molecule has 0 aromatic carbocycles. The smallest absolute Gasteiger partial charge is 0.0798 e. The summed E-state index contributed by atoms with van der Waals surface area (Å²) in [4.78, 5) is 6.02. The highest BCUT2D eigenvalue weighted by Gasteiger charge is 2.42. The summed E-state index contributed by atoms with van der Waals surface area (Å²) in [6.07, 6.45) is 9.16. The average Bonchev–Trinajstić information content (AvgIpc) is 3.17. The zero-order valence-corrected chi connectivity index (χ0v) is 12.9. The van der Waals surface area contributed by atoms with E-state index in [2.05, 4.69) is 10.3 Å². The van der Waals surface area contributed by atoms with E-state index in [0.717, 1.165) is 31.5 Å². The van der Waals surface area contributed by atoms with Crippen LogP contribution in [0.2, 0.25) is 0 Å². The van der Waals surface area contributed by atoms with Gasteiger partial charge < -0.3 is 10.1 Å². The fourth-order valence-electron chi connectivity index (χ4n) is 3.71. The zero-order chi connectivity index (χ0) is 13.4. The van der Waals surface area contributed by atoms with Crippen molar-refractivity contribution >= 4 is 11.3 Å². The zero-order valence-electron chi connectivity index (χ0n) is 12.1. The van der Waals surface area contributed by atoms with Crippen LogP contribution in [0.15, 0.2) is 5.51 Å². The predicted octanol–water partition coefficient (Wildman–Crippen LogP) is 3.46. The van der Waals surface area contributed by atoms with Gasteiger partial charge in [-0.1, -0.05) is 0 Å². The lowest BCUT2D eigenvalue weighted by Crippen LogP contribution is -2.47. The molecule has 4 heteroatoms. The molecule has 1 N–H and O–H groups in total. The lowest BCUT2D eigenvalue weighted by molar-refractivity contribution is -0.142. The first-order valence-corrected chi connectivity index (χ1v) is 9.00. The van der Waals surface area contributed by atoms with Crippen molar-refractivity contribution in [3.05, 3.63) is 16.1 Å². The van der Waals surface area contributed by atoms with E-state index in [9.17, 15) is 0 Å². The van der Waals surface area contributed by atoms with Crippen LogP contribution in [-0.2, 0) is 11.3 Å². The van der Waals surface area contributed by atoms with Gasteiger partial charge in [0.15, 0.2) is 0 Å². The van der Waals surface area contributed by atoms with Crippen LogP contribution in [0.25, 0.3) is 0 Å². The van der Waals surface area contributed by atoms with Crippen molar-refractivity contribution in [1.82, 2.24) is 10.3 Å². The number of nitrogens with one attached hydrogen (secondary N) is 1. The number of nitrogens with zero attached hydrogens (tertiary/aromatic N) is 1. The van der Waals surface area contributed by atoms with Gasteiger partial charge in [0.05, 0.1) is 16.8 Å². The molecule has 3 aliphatic rings. The van der Waals surface area contributed by atoms with E-state index in [1.54, 1.807) is 0 Å². The van der Waals surface area contributed by atoms with Gasteiger partial charge in [0.2, 0.25) is 0 Å². The molecule has 0 bridgehead atoms. The summed E-state index contributed by atoms with van der Waals surface area (Å²) in [5.74, 6) is 1.58. The van der Waals surface area contributed by atoms with Gasteiger partial charge in [-0.05, 0) is 57.4 Å². The molecule has 0 radical (unpaired) electrons. The molecule has 1 saturated heterocycles. The maximum Gasteiger partial charge on any atom is 0.0798 e. The van der Waals surface area contributed by atoms with E-state index in [1.807, 2.05) is 16.8 Å². The van der Waals surface area contributed by atoms with Crippen molar-refractivity contribution in [1.29, 1.82) is 0 Å². The van der Waals surface area contributed by atoms with Gasteiger partial charge in [-0.25, -0.2) is 4.98 Å². The molecule has 4 rings (SSSR count). The third-order valence-corrected chi connectivity index (χ3v) is 6.06. The van der Waals surface area contributed by atoms with Crippen LogP contribution in [0.3, 0.4) is 0 Å². The molecule has 1 spiro atoms. The minimum atomic E-state index is 0.286. The van der Waals surface area contributed by atoms with Crippen LogP contribution in [0, 0.1) is 5.92 Å². The second kappa shape index (κ2) is 5.39. The van der Waals surface area contributed by atoms with E-state index in [1.165, 1.54) is 55.5 Å². The minimum Gasteiger partial charge on any atom is -0.375 e. The van der Waals surface area contributed by atoms with Crippen LogP contribution in [-0.4, -0.2) is 23.7 Å². The molecule has 1 aromatic heterocycles. The van der Waals surface area contributed by atoms with Gasteiger partial charge in [0, 0.05) is 23.9 Å². The van der Waals surface area contributed by atoms with Crippen molar-refractivity contribution < 1.29 is 4.74 Å². The Morgan fingerprint density at radius 1 is 1.35 bits per heavy atom. The fourth-order valence-corrected chi connectivity index (χ4v) is 4.53. The summed E-state index contributed by atoms with van der Waals surface area (Å²) in [7, 11) is 0. The summed E-state index contributed by atoms with van der Waals surface area (Å²) in [6, 6.07) is 0. The minimum absolute atomic E-state index is 0.286. The normalized spacial score (nSPS) is 28.5. The van der Waals surface area contributed by atoms with Gasteiger partial charge in [0.1, 0.15) is 0 Å². The summed E-state index contributed by atoms with van der Waals surface area (Å²) in [6.45, 7) is 3.13. The lowest BCUT2D eigenvalue weighted by atomic mass is 9.72. The quantitative estimate of drug-likeness (QED) is 0.902. The van der Waals surface area contributed by atoms with Crippen molar-refractivity contribution in [3.63, 3.8) is 0 Å². The van der Waals surface area contributed by atoms with E-state index in [0.29, 0.717) is 0 Å². The molecule has 0 unspecified atom stereocenters. The van der Waals surface area contributed by atoms with Crippen LogP contribution in [0.4, 0.5) is 0 Å². The van der Waals surface area contributed by atoms with Crippen LogP contribution >= 0.6 is 11.3 Å². The number of hydrogen-bond acceptors (Lipinski definition) is 4. The molecule has 3 nitrogen and oxygen atoms in total. The predicted molar refractivity (Wildman–Crippen MR) is 81.1 cm³/mol. The molecule has 3 fully saturated rings. The van der Waals surface area contributed by atoms with Gasteiger partial charge in [-0.3, -0.25) is 0 Å². The second-order valence-electron chi connectivity index (χ2n) is 6.81. The Labute approximate surface area is 125 Å². The molecule has 1 aromatic rings. The summed E-state index contributed by atoms with van der Waals surface area (Å²) >= 11 is 1.82. The van der Waals surface area contributed by atoms with Gasteiger partial charge in [-0.15, -0.1) is 11.3 Å². The Balaban J connectivity index is 1.27. The molecule has 0 amide bonds. The van der Waals surface area contributed by atoms with E-state index in [4.69, 9.17) is 4.74 Å². The highest BCUT2D eigenvalue weighted by molar-refractivity contribution is 7.09. The standard InChI is InChI=1S/C16H24N2OS/c1-5-16(6-1)8-12(4-7-19-16)9-17-10-14-15(13-2-3-13)18-11-20-14/h11-13,17H,1-10H2/t12-/m0/s1. The Bertz CT molecular complexity index is 465. The van der Waals surface area contributed by atoms with Crippen molar-refractivity contribution in [2.45, 2.75) is 63.0 Å². The van der Waals surface area contributed by atoms with Crippen molar-refractivity contribution in [2.75, 3.05) is 13.2 Å². The average molecular weight is 292 g/mol. The fraction of sp³-hybridized carbons (Fsp3) is 0.812. The van der Waals surface area contributed by atoms with Crippen molar-refractivity contribution in [2.24, 2.45) is 5.92 Å². The molecular weight excluding hydrogens is 268 g/mol. The van der Waals surface area contributed by atoms with Crippen LogP contribution in [0.5, 0.6) is 0 Å². The number of rotatable bonds is 5. The number of thiazole rings is 1. The first kappa shape index (κ1) is 13.2. The van der Waals surface area contributed by atoms with E-state index >= 15 is 0 Å². The third kappa shape index (κ3) is 2.66. The van der Waals surface area contributed by atoms with Gasteiger partial charge in [0.25, 0.3) is 0 Å². The molecule has 1 aliphatic heterocycles. The van der Waals surface area contributed by atoms with Gasteiger partial charge >= 0.3 is 0 Å². The Morgan fingerprint density at radius 2 is 2.25 bits per heavy atom. The van der Waals surface area contributed by atoms with Crippen LogP contribution < -0.4 is 5.32 Å². The van der Waals surface area contributed by atoms with Crippen molar-refractivity contribution in [3.8, 4) is 0 Å². The summed E-state index contributed by atoms with van der Waals surface area (Å²) in [5.41, 5.74) is 3.68. The van der Waals surface area contributed by atoms with E-state index < -0.39 is 0 Å². The summed E-state index contributed by atoms with van der Waals surface area (Å²) in [5, 5.41) is 3.68. The number of hydrogen-bond donors (Lipinski definition) is 1. The summed E-state index contributed by atoms with van der Waals surface area (Å²) < 4.78 is 6.01. The molecule has 1 atom stereocenters. The molecule has 20 heavy (non-hydrogen) atoms. The third-order valence-electron chi connectivity index (χ3n) is 5.21. The van der Waals surface area contributed by atoms with Gasteiger partial charge in [-0.2, -0.15) is 0 Å². The Kier molecular flexibility index (Phi) is 3.57. The molecule has 110 valence electrons. The Morgan fingerprint density at radius 3 is 3.00 bits per heavy atom. The monoisotopic (exact) mass is 292 g/mol. The maximum absolute atomic E-state index is 6.01. The lowest BCUT2D eigenvalue weighted by Gasteiger charge is -2.47. The first-order chi connectivity index (χ1) is 9.85. The number of ether oxygens (including phenoxy) is 1. The first-order valence-electron chi connectivity index (χ1n) is 8.12. The molecule has 2 heterocycles. The molecule has 2 saturated carbocycles. The van der Waals surface area contributed by atoms with Crippen LogP contribution in [0.1, 0.15) is 61.4 Å². The highest BCUT2D eigenvalue weighted by Crippen LogP contribution is 2.44. The maximum atomic E-state index is 6.01. The highest BCUT2D eigenvalue weighted by atomic mass is 32.1.